The van der Waals surface area contributed by atoms with Crippen LogP contribution in [-0.4, -0.2) is 44.6 Å². The molecule has 0 saturated carbocycles. The van der Waals surface area contributed by atoms with Crippen LogP contribution in [0.15, 0.2) is 36.7 Å². The summed E-state index contributed by atoms with van der Waals surface area (Å²) in [5.74, 6) is -3.42. The van der Waals surface area contributed by atoms with Gasteiger partial charge in [0.1, 0.15) is 6.33 Å². The molecule has 2 heterocycles. The zero-order valence-electron chi connectivity index (χ0n) is 12.5. The summed E-state index contributed by atoms with van der Waals surface area (Å²) in [5, 5.41) is 3.94. The van der Waals surface area contributed by atoms with Crippen LogP contribution in [0, 0.1) is 0 Å². The van der Waals surface area contributed by atoms with Crippen LogP contribution in [0.3, 0.4) is 0 Å². The molecule has 132 valence electrons. The van der Waals surface area contributed by atoms with E-state index in [1.165, 1.54) is 24.7 Å². The van der Waals surface area contributed by atoms with Crippen LogP contribution < -0.4 is 0 Å². The predicted octanol–water partition coefficient (Wildman–Crippen LogP) is 2.91. The average Bonchev–Trinajstić information content (AvgIpc) is 2.98. The first-order valence-electron chi connectivity index (χ1n) is 7.08. The fraction of sp³-hybridized carbons (Fsp3) is 0.267. The number of aromatic nitrogens is 3. The van der Waals surface area contributed by atoms with Gasteiger partial charge in [0, 0.05) is 17.8 Å². The smallest absolute Gasteiger partial charge is 0.327 e. The Hall–Kier alpha value is -2.78. The first kappa shape index (κ1) is 17.1. The van der Waals surface area contributed by atoms with Crippen molar-refractivity contribution in [2.45, 2.75) is 12.1 Å². The average molecular weight is 358 g/mol. The van der Waals surface area contributed by atoms with Crippen LogP contribution >= 0.6 is 0 Å². The Morgan fingerprint density at radius 1 is 1.24 bits per heavy atom. The van der Waals surface area contributed by atoms with Gasteiger partial charge in [-0.1, -0.05) is 12.1 Å². The lowest BCUT2D eigenvalue weighted by molar-refractivity contribution is -0.160. The molecule has 1 aromatic heterocycles. The van der Waals surface area contributed by atoms with Gasteiger partial charge in [0.2, 0.25) is 5.91 Å². The monoisotopic (exact) mass is 358 g/mol. The van der Waals surface area contributed by atoms with Crippen molar-refractivity contribution in [1.29, 1.82) is 0 Å². The third kappa shape index (κ3) is 3.83. The molecule has 0 N–H and O–H groups in total. The number of nitrogens with zero attached hydrogens (tertiary/aromatic N) is 4. The quantitative estimate of drug-likeness (QED) is 0.626. The van der Waals surface area contributed by atoms with Gasteiger partial charge in [-0.25, -0.2) is 18.4 Å². The highest BCUT2D eigenvalue weighted by Crippen LogP contribution is 2.31. The number of carbonyl (C=O) groups is 1. The first-order valence-corrected chi connectivity index (χ1v) is 7.08. The van der Waals surface area contributed by atoms with E-state index >= 15 is 0 Å². The molecule has 0 radical (unpaired) electrons. The molecule has 5 nitrogen and oxygen atoms in total. The highest BCUT2D eigenvalue weighted by molar-refractivity contribution is 5.90. The van der Waals surface area contributed by atoms with Crippen LogP contribution in [0.5, 0.6) is 0 Å². The Balaban J connectivity index is 1.71. The minimum Gasteiger partial charge on any atom is -0.327 e. The largest absolute Gasteiger partial charge is 0.416 e. The third-order valence-electron chi connectivity index (χ3n) is 3.48. The fourth-order valence-corrected chi connectivity index (χ4v) is 2.23. The van der Waals surface area contributed by atoms with E-state index in [1.807, 2.05) is 0 Å². The topological polar surface area (TPSA) is 51.0 Å². The van der Waals surface area contributed by atoms with Crippen LogP contribution in [0.2, 0.25) is 0 Å². The lowest BCUT2D eigenvalue weighted by atomic mass is 10.1. The van der Waals surface area contributed by atoms with Gasteiger partial charge < -0.3 is 4.90 Å². The molecule has 2 aromatic rings. The summed E-state index contributed by atoms with van der Waals surface area (Å²) >= 11 is 0. The molecule has 0 aliphatic carbocycles. The minimum absolute atomic E-state index is 0.0404. The second kappa shape index (κ2) is 5.94. The Morgan fingerprint density at radius 3 is 2.60 bits per heavy atom. The Morgan fingerprint density at radius 2 is 1.96 bits per heavy atom. The molecule has 10 heteroatoms. The van der Waals surface area contributed by atoms with Crippen molar-refractivity contribution >= 4 is 12.1 Å². The number of halogens is 5. The van der Waals surface area contributed by atoms with Crippen molar-refractivity contribution in [2.24, 2.45) is 0 Å². The molecule has 0 unspecified atom stereocenters. The van der Waals surface area contributed by atoms with Gasteiger partial charge in [0.25, 0.3) is 5.92 Å². The molecular formula is C15H11F5N4O. The summed E-state index contributed by atoms with van der Waals surface area (Å²) in [6.45, 7) is -1.27. The van der Waals surface area contributed by atoms with Gasteiger partial charge in [-0.3, -0.25) is 4.79 Å². The summed E-state index contributed by atoms with van der Waals surface area (Å²) in [6.07, 6.45) is -1.04. The molecule has 0 spiro atoms. The third-order valence-corrected chi connectivity index (χ3v) is 3.48. The van der Waals surface area contributed by atoms with Crippen molar-refractivity contribution in [1.82, 2.24) is 19.7 Å². The van der Waals surface area contributed by atoms with Gasteiger partial charge in [-0.15, -0.1) is 5.10 Å². The van der Waals surface area contributed by atoms with E-state index in [1.54, 1.807) is 0 Å². The number of hydrogen-bond acceptors (Lipinski definition) is 3. The standard InChI is InChI=1S/C15H11F5N4O/c16-14(17)7-23(8-14)12(25)4-5-24-9-21-13(22-24)10-2-1-3-11(6-10)15(18,19)20/h1-6,9H,7-8H2. The van der Waals surface area contributed by atoms with E-state index in [9.17, 15) is 26.7 Å². The molecule has 1 saturated heterocycles. The van der Waals surface area contributed by atoms with Gasteiger partial charge in [-0.2, -0.15) is 13.2 Å². The number of alkyl halides is 5. The Kier molecular flexibility index (Phi) is 4.05. The van der Waals surface area contributed by atoms with Crippen molar-refractivity contribution in [3.05, 3.63) is 42.2 Å². The van der Waals surface area contributed by atoms with Crippen LogP contribution in [0.4, 0.5) is 22.0 Å². The number of rotatable bonds is 3. The Bertz CT molecular complexity index is 819. The highest BCUT2D eigenvalue weighted by atomic mass is 19.4. The summed E-state index contributed by atoms with van der Waals surface area (Å²) < 4.78 is 64.6. The highest BCUT2D eigenvalue weighted by Gasteiger charge is 2.45. The van der Waals surface area contributed by atoms with Crippen LogP contribution in [0.1, 0.15) is 5.56 Å². The van der Waals surface area contributed by atoms with Gasteiger partial charge in [0.15, 0.2) is 5.82 Å². The second-order valence-corrected chi connectivity index (χ2v) is 5.49. The van der Waals surface area contributed by atoms with E-state index in [-0.39, 0.29) is 11.4 Å². The van der Waals surface area contributed by atoms with Crippen LogP contribution in [-0.2, 0) is 11.0 Å². The molecule has 1 amide bonds. The van der Waals surface area contributed by atoms with Gasteiger partial charge in [-0.05, 0) is 12.1 Å². The maximum atomic E-state index is 12.7. The maximum Gasteiger partial charge on any atom is 0.416 e. The lowest BCUT2D eigenvalue weighted by Gasteiger charge is -2.37. The SMILES string of the molecule is O=C(C=Cn1cnc(-c2cccc(C(F)(F)F)c2)n1)N1CC(F)(F)C1. The minimum atomic E-state index is -4.48. The molecular weight excluding hydrogens is 347 g/mol. The van der Waals surface area contributed by atoms with Gasteiger partial charge >= 0.3 is 6.18 Å². The van der Waals surface area contributed by atoms with Crippen molar-refractivity contribution < 1.29 is 26.7 Å². The first-order chi connectivity index (χ1) is 11.6. The summed E-state index contributed by atoms with van der Waals surface area (Å²) in [6, 6.07) is 4.51. The molecule has 1 aliphatic rings. The normalized spacial score (nSPS) is 16.9. The summed E-state index contributed by atoms with van der Waals surface area (Å²) in [7, 11) is 0. The number of likely N-dealkylation sites (tertiary alicyclic amines) is 1. The zero-order valence-corrected chi connectivity index (χ0v) is 12.5. The molecule has 25 heavy (non-hydrogen) atoms. The molecule has 0 atom stereocenters. The zero-order chi connectivity index (χ0) is 18.2. The van der Waals surface area contributed by atoms with Crippen molar-refractivity contribution in [3.63, 3.8) is 0 Å². The van der Waals surface area contributed by atoms with E-state index in [0.717, 1.165) is 27.8 Å². The molecule has 3 rings (SSSR count). The molecule has 1 aliphatic heterocycles. The fourth-order valence-electron chi connectivity index (χ4n) is 2.23. The van der Waals surface area contributed by atoms with Crippen molar-refractivity contribution in [2.75, 3.05) is 13.1 Å². The summed E-state index contributed by atoms with van der Waals surface area (Å²) in [5.41, 5.74) is -0.665. The van der Waals surface area contributed by atoms with E-state index < -0.39 is 36.7 Å². The number of carbonyl (C=O) groups excluding carboxylic acids is 1. The number of benzene rings is 1. The van der Waals surface area contributed by atoms with E-state index in [2.05, 4.69) is 10.1 Å². The molecule has 1 aromatic carbocycles. The maximum absolute atomic E-state index is 12.7. The van der Waals surface area contributed by atoms with Crippen molar-refractivity contribution in [3.8, 4) is 11.4 Å². The van der Waals surface area contributed by atoms with E-state index in [4.69, 9.17) is 0 Å². The van der Waals surface area contributed by atoms with Crippen LogP contribution in [0.25, 0.3) is 17.6 Å². The lowest BCUT2D eigenvalue weighted by Crippen LogP contribution is -2.58. The molecule has 0 bridgehead atoms. The number of hydrogen-bond donors (Lipinski definition) is 0. The van der Waals surface area contributed by atoms with Gasteiger partial charge in [0.05, 0.1) is 18.7 Å². The predicted molar refractivity (Wildman–Crippen MR) is 77.3 cm³/mol. The number of amides is 1. The Labute approximate surface area is 138 Å². The molecule has 1 fully saturated rings. The second-order valence-electron chi connectivity index (χ2n) is 5.49. The van der Waals surface area contributed by atoms with E-state index in [0.29, 0.717) is 0 Å². The summed E-state index contributed by atoms with van der Waals surface area (Å²) in [4.78, 5) is 16.5.